The number of hydrogen-bond donors (Lipinski definition) is 0. The van der Waals surface area contributed by atoms with Crippen molar-refractivity contribution in [3.63, 3.8) is 0 Å². The number of rotatable bonds is 1. The van der Waals surface area contributed by atoms with Gasteiger partial charge in [0.2, 0.25) is 5.78 Å². The maximum absolute atomic E-state index is 13.1. The van der Waals surface area contributed by atoms with Crippen LogP contribution < -0.4 is 4.74 Å². The quantitative estimate of drug-likeness (QED) is 0.720. The molecule has 0 atom stereocenters. The van der Waals surface area contributed by atoms with Gasteiger partial charge in [0.1, 0.15) is 5.75 Å². The van der Waals surface area contributed by atoms with Crippen molar-refractivity contribution in [3.05, 3.63) is 28.8 Å². The first-order valence-corrected chi connectivity index (χ1v) is 5.17. The van der Waals surface area contributed by atoms with Crippen LogP contribution in [-0.4, -0.2) is 25.0 Å². The topological polar surface area (TPSA) is 52.6 Å². The molecular formula is C12H10F2O4. The average Bonchev–Trinajstić information content (AvgIpc) is 2.29. The van der Waals surface area contributed by atoms with E-state index in [0.29, 0.717) is 5.56 Å². The fourth-order valence-electron chi connectivity index (χ4n) is 1.76. The monoisotopic (exact) mass is 256 g/mol. The third kappa shape index (κ3) is 1.94. The molecular weight excluding hydrogens is 246 g/mol. The lowest BCUT2D eigenvalue weighted by molar-refractivity contribution is -0.193. The van der Waals surface area contributed by atoms with E-state index in [1.54, 1.807) is 6.92 Å². The van der Waals surface area contributed by atoms with Crippen LogP contribution >= 0.6 is 0 Å². The molecule has 4 nitrogen and oxygen atoms in total. The molecule has 0 unspecified atom stereocenters. The molecule has 1 aromatic rings. The minimum atomic E-state index is -3.80. The van der Waals surface area contributed by atoms with E-state index in [1.165, 1.54) is 19.2 Å². The summed E-state index contributed by atoms with van der Waals surface area (Å²) in [7, 11) is 1.22. The Bertz CT molecular complexity index is 537. The molecule has 0 saturated carbocycles. The Labute approximate surface area is 101 Å². The van der Waals surface area contributed by atoms with Crippen molar-refractivity contribution < 1.29 is 27.8 Å². The zero-order valence-electron chi connectivity index (χ0n) is 9.75. The number of carbonyl (C=O) groups excluding carboxylic acids is 2. The second kappa shape index (κ2) is 4.04. The molecule has 0 N–H and O–H groups in total. The molecule has 0 bridgehead atoms. The van der Waals surface area contributed by atoms with Gasteiger partial charge in [0.15, 0.2) is 0 Å². The summed E-state index contributed by atoms with van der Waals surface area (Å²) in [5.41, 5.74) is 0.945. The number of ketones is 1. The van der Waals surface area contributed by atoms with Crippen molar-refractivity contribution >= 4 is 11.8 Å². The van der Waals surface area contributed by atoms with Gasteiger partial charge in [0.25, 0.3) is 0 Å². The summed E-state index contributed by atoms with van der Waals surface area (Å²) in [6.45, 7) is 1.57. The fraction of sp³-hybridized carbons (Fsp3) is 0.333. The van der Waals surface area contributed by atoms with Crippen LogP contribution in [-0.2, 0) is 16.0 Å². The number of aryl methyl sites for hydroxylation is 1. The van der Waals surface area contributed by atoms with Crippen LogP contribution in [0, 0.1) is 6.92 Å². The number of esters is 1. The van der Waals surface area contributed by atoms with Gasteiger partial charge in [-0.1, -0.05) is 0 Å². The van der Waals surface area contributed by atoms with Crippen LogP contribution in [0.5, 0.6) is 5.75 Å². The Balaban J connectivity index is 2.49. The van der Waals surface area contributed by atoms with Gasteiger partial charge >= 0.3 is 12.1 Å². The van der Waals surface area contributed by atoms with Gasteiger partial charge in [-0.15, -0.1) is 0 Å². The van der Waals surface area contributed by atoms with Crippen molar-refractivity contribution in [2.45, 2.75) is 19.5 Å². The van der Waals surface area contributed by atoms with E-state index < -0.39 is 24.3 Å². The number of methoxy groups -OCH3 is 1. The number of hydrogen-bond acceptors (Lipinski definition) is 4. The second-order valence-corrected chi connectivity index (χ2v) is 3.99. The van der Waals surface area contributed by atoms with Gasteiger partial charge in [-0.2, -0.15) is 8.78 Å². The largest absolute Gasteiger partial charge is 0.465 e. The minimum absolute atomic E-state index is 0.0789. The van der Waals surface area contributed by atoms with E-state index in [2.05, 4.69) is 9.47 Å². The number of ether oxygens (including phenoxy) is 2. The van der Waals surface area contributed by atoms with Crippen molar-refractivity contribution in [1.82, 2.24) is 0 Å². The number of carbonyl (C=O) groups is 2. The van der Waals surface area contributed by atoms with Crippen molar-refractivity contribution in [2.24, 2.45) is 0 Å². The van der Waals surface area contributed by atoms with Gasteiger partial charge in [0.05, 0.1) is 12.7 Å². The Morgan fingerprint density at radius 1 is 1.44 bits per heavy atom. The molecule has 0 aromatic heterocycles. The summed E-state index contributed by atoms with van der Waals surface area (Å²) in [6, 6.07) is 2.66. The predicted octanol–water partition coefficient (Wildman–Crippen LogP) is 1.88. The normalized spacial score (nSPS) is 16.8. The molecule has 6 heteroatoms. The second-order valence-electron chi connectivity index (χ2n) is 3.99. The van der Waals surface area contributed by atoms with Gasteiger partial charge in [0, 0.05) is 12.0 Å². The molecule has 96 valence electrons. The standard InChI is InChI=1S/C12H10F2O4/c1-6-3-9-7(4-8(6)11(16)17-2)5-10(15)12(13,14)18-9/h3-4H,5H2,1-2H3. The van der Waals surface area contributed by atoms with Crippen LogP contribution in [0.15, 0.2) is 12.1 Å². The summed E-state index contributed by atoms with van der Waals surface area (Å²) >= 11 is 0. The first-order valence-electron chi connectivity index (χ1n) is 5.17. The Morgan fingerprint density at radius 2 is 2.11 bits per heavy atom. The van der Waals surface area contributed by atoms with Crippen LogP contribution in [0.25, 0.3) is 0 Å². The molecule has 18 heavy (non-hydrogen) atoms. The van der Waals surface area contributed by atoms with E-state index in [-0.39, 0.29) is 16.9 Å². The predicted molar refractivity (Wildman–Crippen MR) is 56.8 cm³/mol. The summed E-state index contributed by atoms with van der Waals surface area (Å²) in [5, 5.41) is 0. The molecule has 0 radical (unpaired) electrons. The molecule has 0 spiro atoms. The summed E-state index contributed by atoms with van der Waals surface area (Å²) in [5.74, 6) is -1.99. The molecule has 0 saturated heterocycles. The smallest absolute Gasteiger partial charge is 0.461 e. The molecule has 2 rings (SSSR count). The number of alkyl halides is 2. The maximum atomic E-state index is 13.1. The van der Waals surface area contributed by atoms with Gasteiger partial charge < -0.3 is 9.47 Å². The average molecular weight is 256 g/mol. The molecule has 1 aliphatic rings. The first-order chi connectivity index (χ1) is 8.35. The van der Waals surface area contributed by atoms with Gasteiger partial charge in [-0.3, -0.25) is 4.79 Å². The van der Waals surface area contributed by atoms with Crippen LogP contribution in [0.4, 0.5) is 8.78 Å². The summed E-state index contributed by atoms with van der Waals surface area (Å²) in [6.07, 6.45) is -4.27. The Morgan fingerprint density at radius 3 is 2.72 bits per heavy atom. The lowest BCUT2D eigenvalue weighted by Crippen LogP contribution is -2.40. The number of Topliss-reactive ketones (excluding diaryl/α,β-unsaturated/α-hetero) is 1. The Kier molecular flexibility index (Phi) is 2.80. The molecule has 1 heterocycles. The van der Waals surface area contributed by atoms with Crippen LogP contribution in [0.1, 0.15) is 21.5 Å². The van der Waals surface area contributed by atoms with Gasteiger partial charge in [-0.25, -0.2) is 4.79 Å². The van der Waals surface area contributed by atoms with Crippen molar-refractivity contribution in [1.29, 1.82) is 0 Å². The third-order valence-electron chi connectivity index (χ3n) is 2.73. The Hall–Kier alpha value is -1.98. The highest BCUT2D eigenvalue weighted by Gasteiger charge is 2.45. The first kappa shape index (κ1) is 12.5. The zero-order chi connectivity index (χ0) is 13.5. The highest BCUT2D eigenvalue weighted by atomic mass is 19.3. The van der Waals surface area contributed by atoms with E-state index in [0.717, 1.165) is 0 Å². The lowest BCUT2D eigenvalue weighted by Gasteiger charge is -2.24. The maximum Gasteiger partial charge on any atom is 0.461 e. The SMILES string of the molecule is COC(=O)c1cc2c(cc1C)OC(F)(F)C(=O)C2. The highest BCUT2D eigenvalue weighted by molar-refractivity contribution is 5.93. The van der Waals surface area contributed by atoms with Crippen LogP contribution in [0.3, 0.4) is 0 Å². The van der Waals surface area contributed by atoms with Gasteiger partial charge in [-0.05, 0) is 24.6 Å². The fourth-order valence-corrected chi connectivity index (χ4v) is 1.76. The molecule has 1 aromatic carbocycles. The van der Waals surface area contributed by atoms with E-state index in [4.69, 9.17) is 0 Å². The van der Waals surface area contributed by atoms with E-state index in [1.807, 2.05) is 0 Å². The number of benzene rings is 1. The summed E-state index contributed by atoms with van der Waals surface area (Å²) in [4.78, 5) is 22.6. The minimum Gasteiger partial charge on any atom is -0.465 e. The van der Waals surface area contributed by atoms with Crippen molar-refractivity contribution in [2.75, 3.05) is 7.11 Å². The third-order valence-corrected chi connectivity index (χ3v) is 2.73. The highest BCUT2D eigenvalue weighted by Crippen LogP contribution is 2.35. The van der Waals surface area contributed by atoms with E-state index in [9.17, 15) is 18.4 Å². The number of halogens is 2. The molecule has 0 aliphatic carbocycles. The van der Waals surface area contributed by atoms with Crippen molar-refractivity contribution in [3.8, 4) is 5.75 Å². The molecule has 0 fully saturated rings. The lowest BCUT2D eigenvalue weighted by atomic mass is 9.98. The molecule has 1 aliphatic heterocycles. The number of fused-ring (bicyclic) bond motifs is 1. The van der Waals surface area contributed by atoms with Crippen LogP contribution in [0.2, 0.25) is 0 Å². The summed E-state index contributed by atoms with van der Waals surface area (Å²) < 4.78 is 35.0. The molecule has 0 amide bonds. The zero-order valence-corrected chi connectivity index (χ0v) is 9.75. The van der Waals surface area contributed by atoms with E-state index >= 15 is 0 Å².